The third kappa shape index (κ3) is 6.19. The lowest BCUT2D eigenvalue weighted by atomic mass is 9.93. The summed E-state index contributed by atoms with van der Waals surface area (Å²) in [5, 5.41) is 3.33. The SMILES string of the molecule is CSc1nc(O[C@H]2CC[C@H](NC(=O)OC(C)(C)C)CC2)cc(-n2c(C(F)F)nc3ccccc32)n1. The van der Waals surface area contributed by atoms with E-state index in [-0.39, 0.29) is 23.8 Å². The first-order valence-electron chi connectivity index (χ1n) is 11.5. The summed E-state index contributed by atoms with van der Waals surface area (Å²) >= 11 is 1.30. The van der Waals surface area contributed by atoms with E-state index < -0.39 is 18.1 Å². The number of hydrogen-bond donors (Lipinski definition) is 1. The zero-order valence-electron chi connectivity index (χ0n) is 20.1. The zero-order valence-corrected chi connectivity index (χ0v) is 20.9. The molecule has 1 saturated carbocycles. The number of nitrogens with zero attached hydrogens (tertiary/aromatic N) is 4. The number of nitrogens with one attached hydrogen (secondary N) is 1. The van der Waals surface area contributed by atoms with E-state index in [1.807, 2.05) is 27.0 Å². The number of carbonyl (C=O) groups excluding carboxylic acids is 1. The second-order valence-electron chi connectivity index (χ2n) is 9.38. The molecule has 1 N–H and O–H groups in total. The zero-order chi connectivity index (χ0) is 25.2. The summed E-state index contributed by atoms with van der Waals surface area (Å²) in [6.45, 7) is 5.48. The summed E-state index contributed by atoms with van der Waals surface area (Å²) in [6, 6.07) is 8.53. The van der Waals surface area contributed by atoms with E-state index in [0.29, 0.717) is 34.9 Å². The van der Waals surface area contributed by atoms with Gasteiger partial charge in [0.05, 0.1) is 11.0 Å². The Labute approximate surface area is 206 Å². The maximum atomic E-state index is 13.8. The van der Waals surface area contributed by atoms with Gasteiger partial charge in [-0.05, 0) is 64.8 Å². The van der Waals surface area contributed by atoms with Crippen molar-refractivity contribution in [1.29, 1.82) is 0 Å². The highest BCUT2D eigenvalue weighted by molar-refractivity contribution is 7.98. The number of benzene rings is 1. The quantitative estimate of drug-likeness (QED) is 0.340. The van der Waals surface area contributed by atoms with Crippen molar-refractivity contribution in [1.82, 2.24) is 24.8 Å². The Hall–Kier alpha value is -2.95. The molecule has 2 aromatic heterocycles. The fourth-order valence-electron chi connectivity index (χ4n) is 4.06. The number of hydrogen-bond acceptors (Lipinski definition) is 7. The van der Waals surface area contributed by atoms with Crippen LogP contribution in [0, 0.1) is 0 Å². The number of thioether (sulfide) groups is 1. The van der Waals surface area contributed by atoms with E-state index in [1.165, 1.54) is 16.3 Å². The number of ether oxygens (including phenoxy) is 2. The Morgan fingerprint density at radius 3 is 2.51 bits per heavy atom. The molecule has 2 heterocycles. The molecule has 1 aliphatic rings. The summed E-state index contributed by atoms with van der Waals surface area (Å²) in [4.78, 5) is 25.0. The molecule has 0 aliphatic heterocycles. The highest BCUT2D eigenvalue weighted by atomic mass is 32.2. The molecule has 1 fully saturated rings. The summed E-state index contributed by atoms with van der Waals surface area (Å²) in [6.07, 6.45) is 1.41. The third-order valence-corrected chi connectivity index (χ3v) is 6.09. The predicted molar refractivity (Wildman–Crippen MR) is 129 cm³/mol. The molecule has 1 aromatic carbocycles. The van der Waals surface area contributed by atoms with E-state index >= 15 is 0 Å². The van der Waals surface area contributed by atoms with Crippen LogP contribution in [0.25, 0.3) is 16.9 Å². The smallest absolute Gasteiger partial charge is 0.407 e. The van der Waals surface area contributed by atoms with Crippen molar-refractivity contribution in [2.45, 2.75) is 75.8 Å². The lowest BCUT2D eigenvalue weighted by molar-refractivity contribution is 0.0469. The topological polar surface area (TPSA) is 91.2 Å². The van der Waals surface area contributed by atoms with Crippen molar-refractivity contribution in [3.8, 4) is 11.7 Å². The van der Waals surface area contributed by atoms with E-state index in [1.54, 1.807) is 30.3 Å². The van der Waals surface area contributed by atoms with Crippen LogP contribution in [0.4, 0.5) is 13.6 Å². The van der Waals surface area contributed by atoms with Gasteiger partial charge in [0, 0.05) is 12.1 Å². The third-order valence-electron chi connectivity index (χ3n) is 5.54. The van der Waals surface area contributed by atoms with Gasteiger partial charge < -0.3 is 14.8 Å². The fourth-order valence-corrected chi connectivity index (χ4v) is 4.43. The molecule has 0 radical (unpaired) electrons. The average molecular weight is 506 g/mol. The Morgan fingerprint density at radius 1 is 1.14 bits per heavy atom. The molecule has 11 heteroatoms. The maximum absolute atomic E-state index is 13.8. The van der Waals surface area contributed by atoms with Crippen LogP contribution in [0.2, 0.25) is 0 Å². The van der Waals surface area contributed by atoms with E-state index in [4.69, 9.17) is 9.47 Å². The van der Waals surface area contributed by atoms with Crippen molar-refractivity contribution in [3.63, 3.8) is 0 Å². The van der Waals surface area contributed by atoms with Gasteiger partial charge in [0.1, 0.15) is 17.5 Å². The molecular weight excluding hydrogens is 476 g/mol. The minimum absolute atomic E-state index is 0.0123. The molecule has 1 aliphatic carbocycles. The number of amides is 1. The van der Waals surface area contributed by atoms with Crippen LogP contribution in [0.15, 0.2) is 35.5 Å². The van der Waals surface area contributed by atoms with Gasteiger partial charge >= 0.3 is 6.09 Å². The van der Waals surface area contributed by atoms with Gasteiger partial charge in [-0.3, -0.25) is 4.57 Å². The molecule has 4 rings (SSSR count). The van der Waals surface area contributed by atoms with Gasteiger partial charge in [0.2, 0.25) is 5.88 Å². The number of alkyl halides is 2. The molecule has 8 nitrogen and oxygen atoms in total. The predicted octanol–water partition coefficient (Wildman–Crippen LogP) is 5.69. The first kappa shape index (κ1) is 25.2. The lowest BCUT2D eigenvalue weighted by Gasteiger charge is -2.30. The number of para-hydroxylation sites is 2. The van der Waals surface area contributed by atoms with Gasteiger partial charge in [-0.15, -0.1) is 0 Å². The van der Waals surface area contributed by atoms with Crippen molar-refractivity contribution in [3.05, 3.63) is 36.2 Å². The van der Waals surface area contributed by atoms with Crippen LogP contribution in [-0.4, -0.2) is 49.6 Å². The Morgan fingerprint density at radius 2 is 1.86 bits per heavy atom. The number of halogens is 2. The molecule has 0 unspecified atom stereocenters. The molecule has 0 saturated heterocycles. The van der Waals surface area contributed by atoms with Gasteiger partial charge in [-0.2, -0.15) is 4.98 Å². The second kappa shape index (κ2) is 10.3. The van der Waals surface area contributed by atoms with Crippen LogP contribution in [0.3, 0.4) is 0 Å². The van der Waals surface area contributed by atoms with Gasteiger partial charge in [-0.1, -0.05) is 23.9 Å². The molecule has 3 aromatic rings. The first-order valence-corrected chi connectivity index (χ1v) is 12.7. The lowest BCUT2D eigenvalue weighted by Crippen LogP contribution is -2.42. The number of aromatic nitrogens is 4. The molecule has 35 heavy (non-hydrogen) atoms. The van der Waals surface area contributed by atoms with Crippen molar-refractivity contribution in [2.24, 2.45) is 0 Å². The van der Waals surface area contributed by atoms with Crippen LogP contribution < -0.4 is 10.1 Å². The average Bonchev–Trinajstić information content (AvgIpc) is 3.19. The minimum atomic E-state index is -2.77. The highest BCUT2D eigenvalue weighted by Crippen LogP contribution is 2.30. The number of fused-ring (bicyclic) bond motifs is 1. The molecule has 188 valence electrons. The van der Waals surface area contributed by atoms with E-state index in [9.17, 15) is 13.6 Å². The van der Waals surface area contributed by atoms with Crippen molar-refractivity contribution < 1.29 is 23.0 Å². The number of carbonyl (C=O) groups is 1. The molecule has 1 amide bonds. The van der Waals surface area contributed by atoms with Crippen LogP contribution >= 0.6 is 11.8 Å². The Bertz CT molecular complexity index is 1190. The van der Waals surface area contributed by atoms with Gasteiger partial charge in [0.25, 0.3) is 6.43 Å². The number of rotatable bonds is 6. The largest absolute Gasteiger partial charge is 0.474 e. The normalized spacial score (nSPS) is 18.6. The Balaban J connectivity index is 1.50. The van der Waals surface area contributed by atoms with Crippen molar-refractivity contribution >= 4 is 28.9 Å². The van der Waals surface area contributed by atoms with Gasteiger partial charge in [-0.25, -0.2) is 23.5 Å². The van der Waals surface area contributed by atoms with Crippen LogP contribution in [0.1, 0.15) is 58.7 Å². The summed E-state index contributed by atoms with van der Waals surface area (Å²) < 4.78 is 40.5. The molecule has 0 atom stereocenters. The van der Waals surface area contributed by atoms with E-state index in [0.717, 1.165) is 12.8 Å². The van der Waals surface area contributed by atoms with Crippen molar-refractivity contribution in [2.75, 3.05) is 6.26 Å². The summed E-state index contributed by atoms with van der Waals surface area (Å²) in [5.41, 5.74) is 0.452. The number of alkyl carbamates (subject to hydrolysis) is 1. The summed E-state index contributed by atoms with van der Waals surface area (Å²) in [5.74, 6) is 0.223. The summed E-state index contributed by atoms with van der Waals surface area (Å²) in [7, 11) is 0. The fraction of sp³-hybridized carbons (Fsp3) is 0.500. The second-order valence-corrected chi connectivity index (χ2v) is 10.2. The van der Waals surface area contributed by atoms with Crippen LogP contribution in [0.5, 0.6) is 5.88 Å². The molecule has 0 spiro atoms. The number of imidazole rings is 1. The monoisotopic (exact) mass is 505 g/mol. The molecular formula is C24H29F2N5O3S. The minimum Gasteiger partial charge on any atom is -0.474 e. The Kier molecular flexibility index (Phi) is 7.44. The van der Waals surface area contributed by atoms with Gasteiger partial charge in [0.15, 0.2) is 11.0 Å². The standard InChI is InChI=1S/C24H29F2N5O3S/c1-24(2,3)34-23(32)27-14-9-11-15(12-10-14)33-19-13-18(29-22(30-19)35-4)31-17-8-6-5-7-16(17)28-21(31)20(25)26/h5-8,13-15,20H,9-12H2,1-4H3,(H,27,32)/t14-,15-. The van der Waals surface area contributed by atoms with E-state index in [2.05, 4.69) is 20.3 Å². The molecule has 0 bridgehead atoms. The first-order chi connectivity index (χ1) is 16.6. The highest BCUT2D eigenvalue weighted by Gasteiger charge is 2.27. The maximum Gasteiger partial charge on any atom is 0.407 e. The van der Waals surface area contributed by atoms with Crippen LogP contribution in [-0.2, 0) is 4.74 Å².